The number of carbonyl (C=O) groups is 6. The number of ether oxygens (including phenoxy) is 3. The van der Waals surface area contributed by atoms with Gasteiger partial charge in [0, 0.05) is 58.2 Å². The van der Waals surface area contributed by atoms with Crippen LogP contribution in [0, 0.1) is 0 Å². The third-order valence-corrected chi connectivity index (χ3v) is 8.73. The molecule has 0 atom stereocenters. The van der Waals surface area contributed by atoms with E-state index in [0.29, 0.717) is 45.3 Å². The number of hydrogen-bond donors (Lipinski definition) is 6. The third-order valence-electron chi connectivity index (χ3n) is 8.73. The van der Waals surface area contributed by atoms with E-state index in [1.165, 1.54) is 0 Å². The molecule has 0 radical (unpaired) electrons. The maximum Gasteiger partial charge on any atom is 0.303 e. The zero-order chi connectivity index (χ0) is 39.4. The van der Waals surface area contributed by atoms with Gasteiger partial charge in [-0.3, -0.25) is 28.8 Å². The Hall–Kier alpha value is -3.30. The first-order chi connectivity index (χ1) is 25.5. The van der Waals surface area contributed by atoms with Crippen LogP contribution in [-0.2, 0) is 43.0 Å². The van der Waals surface area contributed by atoms with Crippen LogP contribution in [0.5, 0.6) is 0 Å². The molecule has 0 spiro atoms. The Bertz CT molecular complexity index is 961. The molecule has 0 heterocycles. The normalized spacial score (nSPS) is 11.3. The van der Waals surface area contributed by atoms with E-state index < -0.39 is 23.5 Å². The first-order valence-corrected chi connectivity index (χ1v) is 19.7. The lowest BCUT2D eigenvalue weighted by Crippen LogP contribution is -2.43. The van der Waals surface area contributed by atoms with Crippen molar-refractivity contribution in [3.8, 4) is 0 Å². The number of amides is 3. The molecule has 6 N–H and O–H groups in total. The molecule has 0 rings (SSSR count). The summed E-state index contributed by atoms with van der Waals surface area (Å²) in [6, 6.07) is 0. The highest BCUT2D eigenvalue weighted by atomic mass is 16.6. The van der Waals surface area contributed by atoms with Gasteiger partial charge in [-0.25, -0.2) is 0 Å². The fourth-order valence-corrected chi connectivity index (χ4v) is 5.38. The minimum Gasteiger partial charge on any atom is -0.481 e. The minimum absolute atomic E-state index is 0.128. The van der Waals surface area contributed by atoms with E-state index in [0.717, 1.165) is 77.0 Å². The fourth-order valence-electron chi connectivity index (χ4n) is 5.38. The predicted molar refractivity (Wildman–Crippen MR) is 200 cm³/mol. The number of rotatable bonds is 39. The molecule has 0 aliphatic rings. The maximum atomic E-state index is 12.4. The van der Waals surface area contributed by atoms with Gasteiger partial charge in [0.1, 0.15) is 5.60 Å². The van der Waals surface area contributed by atoms with Gasteiger partial charge >= 0.3 is 17.9 Å². The van der Waals surface area contributed by atoms with Crippen molar-refractivity contribution in [1.29, 1.82) is 0 Å². The SMILES string of the molecule is CCC(COCCC(=O)NCCCCCCCC(=O)O)(COCCC(=O)NCCCCCCCC(=O)O)OCCC(=O)NCCCCCCCC(=O)O. The third kappa shape index (κ3) is 34.2. The van der Waals surface area contributed by atoms with Crippen LogP contribution in [0.3, 0.4) is 0 Å². The van der Waals surface area contributed by atoms with E-state index in [1.807, 2.05) is 6.92 Å². The zero-order valence-electron chi connectivity index (χ0n) is 32.2. The molecular weight excluding hydrogens is 690 g/mol. The van der Waals surface area contributed by atoms with Crippen LogP contribution < -0.4 is 16.0 Å². The van der Waals surface area contributed by atoms with E-state index in [1.54, 1.807) is 0 Å². The molecule has 0 aromatic heterocycles. The van der Waals surface area contributed by atoms with E-state index >= 15 is 0 Å². The van der Waals surface area contributed by atoms with Gasteiger partial charge in [0.15, 0.2) is 0 Å². The molecule has 0 aliphatic heterocycles. The molecule has 0 aromatic rings. The van der Waals surface area contributed by atoms with Gasteiger partial charge in [-0.1, -0.05) is 64.7 Å². The van der Waals surface area contributed by atoms with Gasteiger partial charge < -0.3 is 45.5 Å². The highest BCUT2D eigenvalue weighted by Crippen LogP contribution is 2.19. The van der Waals surface area contributed by atoms with Crippen LogP contribution in [0.15, 0.2) is 0 Å². The lowest BCUT2D eigenvalue weighted by molar-refractivity contribution is -0.147. The first kappa shape index (κ1) is 49.7. The van der Waals surface area contributed by atoms with Gasteiger partial charge in [-0.15, -0.1) is 0 Å². The van der Waals surface area contributed by atoms with Crippen molar-refractivity contribution in [1.82, 2.24) is 16.0 Å². The van der Waals surface area contributed by atoms with Crippen molar-refractivity contribution in [2.45, 2.75) is 154 Å². The fraction of sp³-hybridized carbons (Fsp3) is 0.842. The molecule has 3 amide bonds. The average molecular weight is 760 g/mol. The summed E-state index contributed by atoms with van der Waals surface area (Å²) >= 11 is 0. The smallest absolute Gasteiger partial charge is 0.303 e. The number of unbranched alkanes of at least 4 members (excludes halogenated alkanes) is 12. The van der Waals surface area contributed by atoms with Crippen LogP contribution in [0.25, 0.3) is 0 Å². The second-order valence-electron chi connectivity index (χ2n) is 13.5. The molecular formula is C38H69N3O12. The first-order valence-electron chi connectivity index (χ1n) is 19.7. The van der Waals surface area contributed by atoms with Gasteiger partial charge in [0.25, 0.3) is 0 Å². The van der Waals surface area contributed by atoms with Gasteiger partial charge in [0.2, 0.25) is 17.7 Å². The Labute approximate surface area is 316 Å². The quantitative estimate of drug-likeness (QED) is 0.0457. The van der Waals surface area contributed by atoms with E-state index in [9.17, 15) is 28.8 Å². The Balaban J connectivity index is 4.60. The number of nitrogens with one attached hydrogen (secondary N) is 3. The number of hydrogen-bond acceptors (Lipinski definition) is 9. The van der Waals surface area contributed by atoms with Crippen LogP contribution in [0.4, 0.5) is 0 Å². The Kier molecular flexibility index (Phi) is 32.3. The predicted octanol–water partition coefficient (Wildman–Crippen LogP) is 4.98. The van der Waals surface area contributed by atoms with E-state index in [2.05, 4.69) is 16.0 Å². The molecule has 0 bridgehead atoms. The monoisotopic (exact) mass is 759 g/mol. The average Bonchev–Trinajstić information content (AvgIpc) is 3.11. The molecule has 0 saturated heterocycles. The van der Waals surface area contributed by atoms with E-state index in [-0.39, 0.29) is 89.3 Å². The number of carboxylic acids is 3. The van der Waals surface area contributed by atoms with Crippen molar-refractivity contribution in [3.63, 3.8) is 0 Å². The molecule has 0 aliphatic carbocycles. The van der Waals surface area contributed by atoms with E-state index in [4.69, 9.17) is 29.5 Å². The van der Waals surface area contributed by atoms with Crippen molar-refractivity contribution in [2.24, 2.45) is 0 Å². The van der Waals surface area contributed by atoms with Gasteiger partial charge in [-0.2, -0.15) is 0 Å². The lowest BCUT2D eigenvalue weighted by Gasteiger charge is -2.32. The lowest BCUT2D eigenvalue weighted by atomic mass is 10.0. The highest BCUT2D eigenvalue weighted by molar-refractivity contribution is 5.76. The highest BCUT2D eigenvalue weighted by Gasteiger charge is 2.30. The van der Waals surface area contributed by atoms with Crippen LogP contribution in [0.2, 0.25) is 0 Å². The van der Waals surface area contributed by atoms with Gasteiger partial charge in [-0.05, 0) is 44.9 Å². The van der Waals surface area contributed by atoms with Crippen LogP contribution in [-0.4, -0.2) is 109 Å². The summed E-state index contributed by atoms with van der Waals surface area (Å²) < 4.78 is 17.9. The second-order valence-corrected chi connectivity index (χ2v) is 13.5. The standard InChI is InChI=1S/C38H69N3O12/c1-2-38(53-29-23-34(44)41-26-17-11-5-8-14-20-37(49)50,30-51-27-21-32(42)39-24-15-9-3-6-12-18-35(45)46)31-52-28-22-33(43)40-25-16-10-4-7-13-19-36(47)48/h2-31H2,1H3,(H,39,42)(H,40,43)(H,41,44)(H,45,46)(H,47,48)(H,49,50). The summed E-state index contributed by atoms with van der Waals surface area (Å²) in [7, 11) is 0. The number of carboxylic acid groups (broad SMARTS) is 3. The summed E-state index contributed by atoms with van der Waals surface area (Å²) in [6.45, 7) is 4.30. The summed E-state index contributed by atoms with van der Waals surface area (Å²) in [5.74, 6) is -2.74. The topological polar surface area (TPSA) is 227 Å². The van der Waals surface area contributed by atoms with Crippen molar-refractivity contribution < 1.29 is 58.3 Å². The molecule has 15 nitrogen and oxygen atoms in total. The van der Waals surface area contributed by atoms with Crippen LogP contribution in [0.1, 0.15) is 148 Å². The number of carbonyl (C=O) groups excluding carboxylic acids is 3. The maximum absolute atomic E-state index is 12.4. The Morgan fingerprint density at radius 1 is 0.434 bits per heavy atom. The summed E-state index contributed by atoms with van der Waals surface area (Å²) in [6.07, 6.45) is 14.1. The summed E-state index contributed by atoms with van der Waals surface area (Å²) in [4.78, 5) is 68.8. The molecule has 0 saturated carbocycles. The van der Waals surface area contributed by atoms with Gasteiger partial charge in [0.05, 0.1) is 33.0 Å². The summed E-state index contributed by atoms with van der Waals surface area (Å²) in [5.41, 5.74) is -0.884. The molecule has 53 heavy (non-hydrogen) atoms. The molecule has 0 unspecified atom stereocenters. The van der Waals surface area contributed by atoms with Crippen molar-refractivity contribution >= 4 is 35.6 Å². The Morgan fingerprint density at radius 3 is 1.06 bits per heavy atom. The largest absolute Gasteiger partial charge is 0.481 e. The molecule has 0 aromatic carbocycles. The molecule has 0 fully saturated rings. The van der Waals surface area contributed by atoms with Crippen LogP contribution >= 0.6 is 0 Å². The Morgan fingerprint density at radius 2 is 0.736 bits per heavy atom. The minimum atomic E-state index is -0.884. The molecule has 308 valence electrons. The van der Waals surface area contributed by atoms with Crippen molar-refractivity contribution in [3.05, 3.63) is 0 Å². The summed E-state index contributed by atoms with van der Waals surface area (Å²) in [5, 5.41) is 34.8. The number of aliphatic carboxylic acids is 3. The van der Waals surface area contributed by atoms with Crippen molar-refractivity contribution in [2.75, 3.05) is 52.7 Å². The second kappa shape index (κ2) is 34.5. The zero-order valence-corrected chi connectivity index (χ0v) is 32.2. The molecule has 15 heteroatoms.